The van der Waals surface area contributed by atoms with E-state index in [1.807, 2.05) is 0 Å². The number of rotatable bonds is 6. The van der Waals surface area contributed by atoms with Gasteiger partial charge in [0.25, 0.3) is 0 Å². The van der Waals surface area contributed by atoms with Crippen molar-refractivity contribution >= 4 is 11.6 Å². The second-order valence-electron chi connectivity index (χ2n) is 3.10. The maximum atomic E-state index is 5.30. The van der Waals surface area contributed by atoms with Gasteiger partial charge in [-0.15, -0.1) is 11.6 Å². The third-order valence-electron chi connectivity index (χ3n) is 1.69. The summed E-state index contributed by atoms with van der Waals surface area (Å²) in [5.41, 5.74) is 0. The van der Waals surface area contributed by atoms with Crippen molar-refractivity contribution in [2.45, 2.75) is 65.7 Å². The van der Waals surface area contributed by atoms with Gasteiger partial charge in [0, 0.05) is 5.88 Å². The number of unbranched alkanes of at least 4 members (excludes halogenated alkanes) is 5. The zero-order valence-electron chi connectivity index (χ0n) is 9.03. The van der Waals surface area contributed by atoms with E-state index < -0.39 is 0 Å². The molecule has 0 N–H and O–H groups in total. The first kappa shape index (κ1) is 14.8. The maximum absolute atomic E-state index is 5.30. The Kier molecular flexibility index (Phi) is 21.4. The molecular formula is C11H25Cl. The normalized spacial score (nSPS) is 9.00. The molecule has 0 rings (SSSR count). The summed E-state index contributed by atoms with van der Waals surface area (Å²) in [6.07, 6.45) is 9.37. The van der Waals surface area contributed by atoms with E-state index in [-0.39, 0.29) is 0 Å². The van der Waals surface area contributed by atoms with Crippen molar-refractivity contribution in [2.75, 3.05) is 5.88 Å². The molecule has 0 radical (unpaired) electrons. The number of hydrogen-bond donors (Lipinski definition) is 0. The molecule has 0 atom stereocenters. The summed E-state index contributed by atoms with van der Waals surface area (Å²) in [6, 6.07) is 0. The summed E-state index contributed by atoms with van der Waals surface area (Å²) in [6.45, 7) is 6.62. The van der Waals surface area contributed by atoms with Crippen LogP contribution in [0.3, 0.4) is 0 Å². The van der Waals surface area contributed by atoms with Crippen molar-refractivity contribution < 1.29 is 0 Å². The van der Waals surface area contributed by atoms with Gasteiger partial charge in [0.15, 0.2) is 0 Å². The van der Waals surface area contributed by atoms with E-state index in [0.717, 1.165) is 12.3 Å². The predicted molar refractivity (Wildman–Crippen MR) is 60.1 cm³/mol. The quantitative estimate of drug-likeness (QED) is 0.410. The average molecular weight is 193 g/mol. The Hall–Kier alpha value is 0.290. The van der Waals surface area contributed by atoms with Crippen LogP contribution in [0.4, 0.5) is 0 Å². The molecule has 0 aliphatic rings. The second kappa shape index (κ2) is 17.4. The highest BCUT2D eigenvalue weighted by Gasteiger charge is 1.80. The summed E-state index contributed by atoms with van der Waals surface area (Å²) in [5.74, 6) is 0.816. The molecule has 0 aromatic heterocycles. The van der Waals surface area contributed by atoms with E-state index in [4.69, 9.17) is 11.6 Å². The fourth-order valence-electron chi connectivity index (χ4n) is 0.810. The lowest BCUT2D eigenvalue weighted by Crippen LogP contribution is -1.70. The Labute approximate surface area is 83.7 Å². The fraction of sp³-hybridized carbons (Fsp3) is 1.00. The lowest BCUT2D eigenvalue weighted by atomic mass is 10.2. The first-order valence-corrected chi connectivity index (χ1v) is 5.92. The molecule has 76 valence electrons. The van der Waals surface area contributed by atoms with Crippen LogP contribution in [0.15, 0.2) is 0 Å². The van der Waals surface area contributed by atoms with Crippen LogP contribution in [0.2, 0.25) is 0 Å². The van der Waals surface area contributed by atoms with Crippen molar-refractivity contribution in [1.82, 2.24) is 0 Å². The minimum Gasteiger partial charge on any atom is -0.127 e. The Morgan fingerprint density at radius 2 is 1.08 bits per heavy atom. The molecular weight excluding hydrogens is 168 g/mol. The second-order valence-corrected chi connectivity index (χ2v) is 3.48. The zero-order chi connectivity index (χ0) is 9.66. The molecule has 0 aliphatic carbocycles. The summed E-state index contributed by atoms with van der Waals surface area (Å²) in [7, 11) is 0. The van der Waals surface area contributed by atoms with Crippen molar-refractivity contribution in [3.8, 4) is 0 Å². The van der Waals surface area contributed by atoms with Gasteiger partial charge in [0.05, 0.1) is 0 Å². The molecule has 0 spiro atoms. The lowest BCUT2D eigenvalue weighted by molar-refractivity contribution is 0.656. The smallest absolute Gasteiger partial charge is 0.0223 e. The van der Waals surface area contributed by atoms with Gasteiger partial charge >= 0.3 is 0 Å². The number of alkyl halides is 1. The molecule has 0 nitrogen and oxygen atoms in total. The predicted octanol–water partition coefficient (Wildman–Crippen LogP) is 5.00. The van der Waals surface area contributed by atoms with Crippen molar-refractivity contribution in [1.29, 1.82) is 0 Å². The van der Waals surface area contributed by atoms with Gasteiger partial charge in [-0.3, -0.25) is 0 Å². The zero-order valence-corrected chi connectivity index (χ0v) is 9.79. The summed E-state index contributed by atoms with van der Waals surface area (Å²) in [4.78, 5) is 0. The van der Waals surface area contributed by atoms with Crippen LogP contribution >= 0.6 is 11.6 Å². The molecule has 0 saturated heterocycles. The van der Waals surface area contributed by atoms with Crippen LogP contribution in [-0.2, 0) is 0 Å². The van der Waals surface area contributed by atoms with Gasteiger partial charge in [0.1, 0.15) is 0 Å². The number of hydrogen-bond acceptors (Lipinski definition) is 0. The Morgan fingerprint density at radius 3 is 1.25 bits per heavy atom. The summed E-state index contributed by atoms with van der Waals surface area (Å²) in [5, 5.41) is 0. The van der Waals surface area contributed by atoms with Crippen molar-refractivity contribution in [2.24, 2.45) is 0 Å². The highest BCUT2D eigenvalue weighted by atomic mass is 35.5. The molecule has 0 aromatic rings. The van der Waals surface area contributed by atoms with E-state index in [1.54, 1.807) is 0 Å². The largest absolute Gasteiger partial charge is 0.127 e. The van der Waals surface area contributed by atoms with Crippen LogP contribution in [0, 0.1) is 0 Å². The Morgan fingerprint density at radius 1 is 0.667 bits per heavy atom. The minimum absolute atomic E-state index is 0.816. The molecule has 0 aromatic carbocycles. The van der Waals surface area contributed by atoms with E-state index in [1.165, 1.54) is 38.5 Å². The van der Waals surface area contributed by atoms with Gasteiger partial charge in [-0.2, -0.15) is 0 Å². The average Bonchev–Trinajstić information content (AvgIpc) is 2.08. The molecule has 0 aliphatic heterocycles. The standard InChI is InChI=1S/C7H16.C4H9Cl/c1-3-5-7-6-4-2;1-2-3-4-5/h3-7H2,1-2H3;2-4H2,1H3. The third kappa shape index (κ3) is 22.4. The minimum atomic E-state index is 0.816. The lowest BCUT2D eigenvalue weighted by Gasteiger charge is -1.90. The van der Waals surface area contributed by atoms with Gasteiger partial charge in [-0.05, 0) is 6.42 Å². The molecule has 0 fully saturated rings. The van der Waals surface area contributed by atoms with E-state index in [9.17, 15) is 0 Å². The van der Waals surface area contributed by atoms with Crippen molar-refractivity contribution in [3.63, 3.8) is 0 Å². The molecule has 1 heteroatoms. The molecule has 0 bridgehead atoms. The van der Waals surface area contributed by atoms with Gasteiger partial charge in [-0.1, -0.05) is 59.3 Å². The Bertz CT molecular complexity index is 47.0. The van der Waals surface area contributed by atoms with Crippen molar-refractivity contribution in [3.05, 3.63) is 0 Å². The molecule has 12 heavy (non-hydrogen) atoms. The molecule has 0 unspecified atom stereocenters. The topological polar surface area (TPSA) is 0 Å². The van der Waals surface area contributed by atoms with Crippen LogP contribution in [0.1, 0.15) is 65.7 Å². The van der Waals surface area contributed by atoms with Gasteiger partial charge in [-0.25, -0.2) is 0 Å². The fourth-order valence-corrected chi connectivity index (χ4v) is 1.08. The van der Waals surface area contributed by atoms with Crippen LogP contribution in [-0.4, -0.2) is 5.88 Å². The van der Waals surface area contributed by atoms with Crippen LogP contribution in [0.25, 0.3) is 0 Å². The van der Waals surface area contributed by atoms with Gasteiger partial charge in [0.2, 0.25) is 0 Å². The molecule has 0 amide bonds. The van der Waals surface area contributed by atoms with Crippen LogP contribution < -0.4 is 0 Å². The first-order valence-electron chi connectivity index (χ1n) is 5.39. The third-order valence-corrected chi connectivity index (χ3v) is 1.96. The van der Waals surface area contributed by atoms with E-state index in [0.29, 0.717) is 0 Å². The SMILES string of the molecule is CCCCCCC.CCCCCl. The first-order chi connectivity index (χ1) is 5.83. The highest BCUT2D eigenvalue weighted by molar-refractivity contribution is 6.17. The monoisotopic (exact) mass is 192 g/mol. The maximum Gasteiger partial charge on any atom is 0.0223 e. The van der Waals surface area contributed by atoms with E-state index in [2.05, 4.69) is 20.8 Å². The Balaban J connectivity index is 0. The van der Waals surface area contributed by atoms with Gasteiger partial charge < -0.3 is 0 Å². The van der Waals surface area contributed by atoms with Crippen LogP contribution in [0.5, 0.6) is 0 Å². The summed E-state index contributed by atoms with van der Waals surface area (Å²) < 4.78 is 0. The molecule has 0 heterocycles. The van der Waals surface area contributed by atoms with E-state index >= 15 is 0 Å². The number of halogens is 1. The molecule has 0 saturated carbocycles. The highest BCUT2D eigenvalue weighted by Crippen LogP contribution is 2.00. The summed E-state index contributed by atoms with van der Waals surface area (Å²) >= 11 is 5.30.